The van der Waals surface area contributed by atoms with E-state index in [2.05, 4.69) is 25.7 Å². The Morgan fingerprint density at radius 1 is 0.879 bits per heavy atom. The zero-order valence-electron chi connectivity index (χ0n) is 21.6. The number of allylic oxidation sites excluding steroid dienone is 2. The maximum Gasteiger partial charge on any atom is 0.185 e. The van der Waals surface area contributed by atoms with Crippen LogP contribution in [0.25, 0.3) is 6.08 Å². The molecule has 0 aromatic heterocycles. The van der Waals surface area contributed by atoms with E-state index in [-0.39, 0.29) is 11.2 Å². The third kappa shape index (κ3) is 7.24. The predicted octanol–water partition coefficient (Wildman–Crippen LogP) is 7.44. The molecule has 0 heterocycles. The van der Waals surface area contributed by atoms with Crippen LogP contribution in [0.3, 0.4) is 0 Å². The zero-order valence-corrected chi connectivity index (χ0v) is 21.6. The maximum atomic E-state index is 12.9. The Hall–Kier alpha value is -3.01. The minimum Gasteiger partial charge on any atom is -0.487 e. The van der Waals surface area contributed by atoms with Crippen molar-refractivity contribution in [2.75, 3.05) is 12.4 Å². The first-order valence-electron chi connectivity index (χ1n) is 11.4. The van der Waals surface area contributed by atoms with Crippen LogP contribution in [0.15, 0.2) is 55.1 Å². The highest BCUT2D eigenvalue weighted by atomic mass is 16.5. The first kappa shape index (κ1) is 26.2. The van der Waals surface area contributed by atoms with Crippen molar-refractivity contribution in [3.05, 3.63) is 71.8 Å². The van der Waals surface area contributed by atoms with Crippen LogP contribution in [-0.2, 0) is 5.41 Å². The average molecular weight is 450 g/mol. The number of anilines is 1. The monoisotopic (exact) mass is 449 g/mol. The Morgan fingerprint density at radius 2 is 1.45 bits per heavy atom. The minimum atomic E-state index is -0.443. The maximum absolute atomic E-state index is 12.9. The van der Waals surface area contributed by atoms with Gasteiger partial charge < -0.3 is 14.8 Å². The zero-order chi connectivity index (χ0) is 25.0. The number of nitrogens with one attached hydrogen (secondary N) is 1. The van der Waals surface area contributed by atoms with Crippen LogP contribution in [0.1, 0.15) is 76.9 Å². The van der Waals surface area contributed by atoms with Crippen molar-refractivity contribution in [2.45, 2.75) is 72.0 Å². The molecule has 33 heavy (non-hydrogen) atoms. The van der Waals surface area contributed by atoms with Gasteiger partial charge >= 0.3 is 0 Å². The molecule has 2 rings (SSSR count). The van der Waals surface area contributed by atoms with Gasteiger partial charge in [0.1, 0.15) is 22.7 Å². The second kappa shape index (κ2) is 9.86. The van der Waals surface area contributed by atoms with Gasteiger partial charge in [0.05, 0.1) is 5.56 Å². The number of ketones is 1. The summed E-state index contributed by atoms with van der Waals surface area (Å²) in [5, 5.41) is 3.06. The van der Waals surface area contributed by atoms with Gasteiger partial charge in [0.2, 0.25) is 0 Å². The lowest BCUT2D eigenvalue weighted by Crippen LogP contribution is -2.27. The summed E-state index contributed by atoms with van der Waals surface area (Å²) in [5.74, 6) is 1.28. The summed E-state index contributed by atoms with van der Waals surface area (Å²) in [6.07, 6.45) is 5.29. The van der Waals surface area contributed by atoms with E-state index in [1.54, 1.807) is 12.2 Å². The number of carbonyl (C=O) groups excluding carboxylic acids is 1. The lowest BCUT2D eigenvalue weighted by molar-refractivity contribution is 0.104. The molecule has 0 aliphatic carbocycles. The Kier molecular flexibility index (Phi) is 7.84. The number of carbonyl (C=O) groups is 1. The summed E-state index contributed by atoms with van der Waals surface area (Å²) in [4.78, 5) is 12.9. The van der Waals surface area contributed by atoms with Gasteiger partial charge in [-0.3, -0.25) is 4.79 Å². The van der Waals surface area contributed by atoms with E-state index in [0.29, 0.717) is 17.1 Å². The van der Waals surface area contributed by atoms with Crippen molar-refractivity contribution in [3.63, 3.8) is 0 Å². The molecule has 0 saturated heterocycles. The Labute approximate surface area is 199 Å². The van der Waals surface area contributed by atoms with Crippen molar-refractivity contribution in [3.8, 4) is 11.5 Å². The van der Waals surface area contributed by atoms with Crippen molar-refractivity contribution in [1.29, 1.82) is 0 Å². The molecule has 0 aliphatic rings. The lowest BCUT2D eigenvalue weighted by atomic mass is 9.82. The van der Waals surface area contributed by atoms with E-state index >= 15 is 0 Å². The first-order valence-corrected chi connectivity index (χ1v) is 11.4. The molecule has 0 bridgehead atoms. The smallest absolute Gasteiger partial charge is 0.185 e. The van der Waals surface area contributed by atoms with E-state index in [0.717, 1.165) is 16.8 Å². The third-order valence-electron chi connectivity index (χ3n) is 5.04. The van der Waals surface area contributed by atoms with Crippen molar-refractivity contribution in [2.24, 2.45) is 0 Å². The van der Waals surface area contributed by atoms with Crippen molar-refractivity contribution >= 4 is 17.5 Å². The van der Waals surface area contributed by atoms with E-state index in [1.807, 2.05) is 91.1 Å². The molecule has 0 atom stereocenters. The van der Waals surface area contributed by atoms with Crippen LogP contribution in [-0.4, -0.2) is 24.0 Å². The van der Waals surface area contributed by atoms with E-state index in [4.69, 9.17) is 9.47 Å². The second-order valence-corrected chi connectivity index (χ2v) is 10.7. The summed E-state index contributed by atoms with van der Waals surface area (Å²) in [6, 6.07) is 11.4. The van der Waals surface area contributed by atoms with Crippen LogP contribution in [0, 0.1) is 0 Å². The normalized spacial score (nSPS) is 12.5. The number of hydrogen-bond donors (Lipinski definition) is 1. The number of rotatable bonds is 8. The van der Waals surface area contributed by atoms with Gasteiger partial charge in [-0.05, 0) is 84.0 Å². The molecular formula is C29H39NO3. The number of hydrogen-bond acceptors (Lipinski definition) is 4. The fourth-order valence-electron chi connectivity index (χ4n) is 3.25. The van der Waals surface area contributed by atoms with E-state index in [9.17, 15) is 4.79 Å². The number of benzene rings is 2. The van der Waals surface area contributed by atoms with Gasteiger partial charge in [0.25, 0.3) is 0 Å². The topological polar surface area (TPSA) is 47.6 Å². The van der Waals surface area contributed by atoms with Crippen LogP contribution in [0.5, 0.6) is 11.5 Å². The molecule has 0 radical (unpaired) electrons. The van der Waals surface area contributed by atoms with Crippen LogP contribution in [0.4, 0.5) is 5.69 Å². The van der Waals surface area contributed by atoms with Gasteiger partial charge in [-0.15, -0.1) is 6.58 Å². The largest absolute Gasteiger partial charge is 0.487 e. The van der Waals surface area contributed by atoms with Crippen LogP contribution < -0.4 is 14.8 Å². The fourth-order valence-corrected chi connectivity index (χ4v) is 3.25. The highest BCUT2D eigenvalue weighted by Crippen LogP contribution is 2.42. The fraction of sp³-hybridized carbons (Fsp3) is 0.414. The molecule has 1 N–H and O–H groups in total. The Balaban J connectivity index is 2.67. The van der Waals surface area contributed by atoms with Crippen molar-refractivity contribution in [1.82, 2.24) is 0 Å². The highest BCUT2D eigenvalue weighted by Gasteiger charge is 2.28. The number of ether oxygens (including phenoxy) is 2. The molecular weight excluding hydrogens is 410 g/mol. The summed E-state index contributed by atoms with van der Waals surface area (Å²) >= 11 is 0. The Bertz CT molecular complexity index is 1020. The standard InChI is InChI=1S/C29H39NO3/c1-11-29(8,9)23-17-19-25(32-27(2,3)4)22(26(23)33-28(5,6)7)16-18-24(31)20-12-14-21(30-10)15-13-20/h11-19,30H,1H2,2-10H3. The van der Waals surface area contributed by atoms with Crippen molar-refractivity contribution < 1.29 is 14.3 Å². The summed E-state index contributed by atoms with van der Waals surface area (Å²) in [7, 11) is 1.85. The van der Waals surface area contributed by atoms with Crippen LogP contribution >= 0.6 is 0 Å². The van der Waals surface area contributed by atoms with Gasteiger partial charge in [-0.2, -0.15) is 0 Å². The molecule has 0 saturated carbocycles. The molecule has 0 fully saturated rings. The van der Waals surface area contributed by atoms with Gasteiger partial charge in [-0.25, -0.2) is 0 Å². The van der Waals surface area contributed by atoms with Crippen LogP contribution in [0.2, 0.25) is 0 Å². The quantitative estimate of drug-likeness (QED) is 0.258. The predicted molar refractivity (Wildman–Crippen MR) is 140 cm³/mol. The molecule has 0 unspecified atom stereocenters. The molecule has 4 heteroatoms. The molecule has 2 aromatic carbocycles. The third-order valence-corrected chi connectivity index (χ3v) is 5.04. The average Bonchev–Trinajstić information content (AvgIpc) is 2.70. The molecule has 0 aliphatic heterocycles. The summed E-state index contributed by atoms with van der Waals surface area (Å²) in [5.41, 5.74) is 2.11. The molecule has 4 nitrogen and oxygen atoms in total. The SMILES string of the molecule is C=CC(C)(C)c1ccc(OC(C)(C)C)c(C=CC(=O)c2ccc(NC)cc2)c1OC(C)(C)C. The summed E-state index contributed by atoms with van der Waals surface area (Å²) < 4.78 is 12.8. The lowest BCUT2D eigenvalue weighted by Gasteiger charge is -2.32. The minimum absolute atomic E-state index is 0.0885. The first-order chi connectivity index (χ1) is 15.2. The second-order valence-electron chi connectivity index (χ2n) is 10.7. The Morgan fingerprint density at radius 3 is 1.94 bits per heavy atom. The highest BCUT2D eigenvalue weighted by molar-refractivity contribution is 6.07. The van der Waals surface area contributed by atoms with Gasteiger partial charge in [0.15, 0.2) is 5.78 Å². The van der Waals surface area contributed by atoms with E-state index in [1.165, 1.54) is 0 Å². The van der Waals surface area contributed by atoms with E-state index < -0.39 is 11.2 Å². The van der Waals surface area contributed by atoms with Gasteiger partial charge in [-0.1, -0.05) is 26.0 Å². The molecule has 2 aromatic rings. The van der Waals surface area contributed by atoms with Gasteiger partial charge in [0, 0.05) is 29.3 Å². The molecule has 0 spiro atoms. The molecule has 0 amide bonds. The summed E-state index contributed by atoms with van der Waals surface area (Å²) in [6.45, 7) is 20.2. The molecule has 178 valence electrons.